The molecule has 37 heavy (non-hydrogen) atoms. The van der Waals surface area contributed by atoms with Gasteiger partial charge >= 0.3 is 12.1 Å². The molecular formula is C30H33ClF3NO2. The third-order valence-corrected chi connectivity index (χ3v) is 6.77. The maximum Gasteiger partial charge on any atom is 0.416 e. The average molecular weight is 532 g/mol. The molecule has 0 aromatic heterocycles. The molecule has 2 N–H and O–H groups in total. The molecular weight excluding hydrogens is 499 g/mol. The number of hydrogen-bond acceptors (Lipinski definition) is 2. The van der Waals surface area contributed by atoms with Crippen LogP contribution in [0.5, 0.6) is 0 Å². The molecule has 198 valence electrons. The first kappa shape index (κ1) is 28.6. The summed E-state index contributed by atoms with van der Waals surface area (Å²) in [7, 11) is 0. The minimum atomic E-state index is -4.42. The zero-order valence-corrected chi connectivity index (χ0v) is 22.0. The second kappa shape index (κ2) is 12.5. The number of anilines is 1. The van der Waals surface area contributed by atoms with Crippen LogP contribution in [-0.2, 0) is 17.4 Å². The molecule has 2 atom stereocenters. The van der Waals surface area contributed by atoms with Gasteiger partial charge in [0.2, 0.25) is 0 Å². The first-order chi connectivity index (χ1) is 17.4. The highest BCUT2D eigenvalue weighted by Gasteiger charge is 2.30. The van der Waals surface area contributed by atoms with E-state index in [0.29, 0.717) is 35.6 Å². The third kappa shape index (κ3) is 8.26. The van der Waals surface area contributed by atoms with E-state index < -0.39 is 23.6 Å². The fourth-order valence-corrected chi connectivity index (χ4v) is 4.64. The summed E-state index contributed by atoms with van der Waals surface area (Å²) in [5.74, 6) is -1.11. The molecule has 0 aliphatic heterocycles. The van der Waals surface area contributed by atoms with Crippen molar-refractivity contribution in [1.29, 1.82) is 0 Å². The van der Waals surface area contributed by atoms with E-state index in [-0.39, 0.29) is 5.92 Å². The lowest BCUT2D eigenvalue weighted by atomic mass is 9.88. The van der Waals surface area contributed by atoms with Crippen molar-refractivity contribution < 1.29 is 23.1 Å². The van der Waals surface area contributed by atoms with Gasteiger partial charge in [0, 0.05) is 17.3 Å². The van der Waals surface area contributed by atoms with Crippen LogP contribution in [0, 0.1) is 11.8 Å². The molecule has 3 aromatic rings. The molecule has 0 amide bonds. The van der Waals surface area contributed by atoms with Gasteiger partial charge < -0.3 is 10.4 Å². The average Bonchev–Trinajstić information content (AvgIpc) is 2.83. The first-order valence-electron chi connectivity index (χ1n) is 12.5. The van der Waals surface area contributed by atoms with Gasteiger partial charge in [-0.15, -0.1) is 0 Å². The number of halogens is 4. The lowest BCUT2D eigenvalue weighted by Crippen LogP contribution is -2.15. The van der Waals surface area contributed by atoms with E-state index in [9.17, 15) is 23.1 Å². The van der Waals surface area contributed by atoms with Crippen molar-refractivity contribution in [1.82, 2.24) is 0 Å². The maximum atomic E-state index is 13.0. The number of alkyl halides is 3. The summed E-state index contributed by atoms with van der Waals surface area (Å²) in [6.07, 6.45) is -2.26. The molecule has 0 heterocycles. The van der Waals surface area contributed by atoms with Gasteiger partial charge in [-0.3, -0.25) is 4.79 Å². The lowest BCUT2D eigenvalue weighted by molar-refractivity contribution is -0.139. The zero-order chi connectivity index (χ0) is 27.2. The van der Waals surface area contributed by atoms with Crippen molar-refractivity contribution in [2.45, 2.75) is 52.1 Å². The Hall–Kier alpha value is -2.99. The third-order valence-electron chi connectivity index (χ3n) is 6.40. The van der Waals surface area contributed by atoms with Crippen LogP contribution in [0.1, 0.15) is 56.2 Å². The molecule has 0 spiro atoms. The second-order valence-electron chi connectivity index (χ2n) is 10.1. The highest BCUT2D eigenvalue weighted by Crippen LogP contribution is 2.34. The van der Waals surface area contributed by atoms with Gasteiger partial charge in [0.05, 0.1) is 11.5 Å². The maximum absolute atomic E-state index is 13.0. The second-order valence-corrected chi connectivity index (χ2v) is 10.5. The summed E-state index contributed by atoms with van der Waals surface area (Å²) in [5.41, 5.74) is 3.02. The normalized spacial score (nSPS) is 13.4. The fraction of sp³-hybridized carbons (Fsp3) is 0.367. The minimum Gasteiger partial charge on any atom is -0.481 e. The zero-order valence-electron chi connectivity index (χ0n) is 21.3. The topological polar surface area (TPSA) is 49.3 Å². The Morgan fingerprint density at radius 2 is 1.65 bits per heavy atom. The van der Waals surface area contributed by atoms with E-state index in [2.05, 4.69) is 12.2 Å². The van der Waals surface area contributed by atoms with Crippen molar-refractivity contribution >= 4 is 23.3 Å². The Morgan fingerprint density at radius 3 is 2.24 bits per heavy atom. The van der Waals surface area contributed by atoms with Crippen molar-refractivity contribution in [3.05, 3.63) is 88.4 Å². The predicted octanol–water partition coefficient (Wildman–Crippen LogP) is 8.92. The summed E-state index contributed by atoms with van der Waals surface area (Å²) in [6.45, 7) is 6.74. The molecule has 3 nitrogen and oxygen atoms in total. The summed E-state index contributed by atoms with van der Waals surface area (Å²) in [5, 5.41) is 14.1. The smallest absolute Gasteiger partial charge is 0.416 e. The van der Waals surface area contributed by atoms with E-state index in [1.165, 1.54) is 12.1 Å². The molecule has 2 unspecified atom stereocenters. The fourth-order valence-electron chi connectivity index (χ4n) is 4.43. The Kier molecular flexibility index (Phi) is 9.66. The summed E-state index contributed by atoms with van der Waals surface area (Å²) < 4.78 is 39.1. The standard InChI is InChI=1S/C30H33ClF3NO2/c1-19(2)14-27(29(36)37)24-16-23(21-8-10-25(11-9-21)30(32,33)34)17-26(18-24)35-13-12-20(3)15-22-6-4-5-7-28(22)31/h4-11,16-20,27,35H,12-15H2,1-3H3,(H,36,37). The van der Waals surface area contributed by atoms with Gasteiger partial charge in [-0.05, 0) is 83.7 Å². The number of carboxylic acids is 1. The van der Waals surface area contributed by atoms with Crippen LogP contribution in [0.4, 0.5) is 18.9 Å². The van der Waals surface area contributed by atoms with Crippen molar-refractivity contribution in [3.63, 3.8) is 0 Å². The largest absolute Gasteiger partial charge is 0.481 e. The van der Waals surface area contributed by atoms with Crippen LogP contribution in [0.25, 0.3) is 11.1 Å². The van der Waals surface area contributed by atoms with E-state index in [0.717, 1.165) is 41.2 Å². The highest BCUT2D eigenvalue weighted by molar-refractivity contribution is 6.31. The quantitative estimate of drug-likeness (QED) is 0.259. The predicted molar refractivity (Wildman–Crippen MR) is 144 cm³/mol. The van der Waals surface area contributed by atoms with Crippen molar-refractivity contribution in [2.75, 3.05) is 11.9 Å². The molecule has 0 saturated heterocycles. The molecule has 0 aliphatic carbocycles. The summed E-state index contributed by atoms with van der Waals surface area (Å²) in [6, 6.07) is 18.2. The summed E-state index contributed by atoms with van der Waals surface area (Å²) >= 11 is 6.29. The van der Waals surface area contributed by atoms with E-state index in [1.807, 2.05) is 50.2 Å². The molecule has 7 heteroatoms. The van der Waals surface area contributed by atoms with E-state index in [1.54, 1.807) is 6.07 Å². The minimum absolute atomic E-state index is 0.165. The van der Waals surface area contributed by atoms with E-state index >= 15 is 0 Å². The number of rotatable bonds is 11. The SMILES string of the molecule is CC(C)CC(C(=O)O)c1cc(NCCC(C)Cc2ccccc2Cl)cc(-c2ccc(C(F)(F)F)cc2)c1. The van der Waals surface area contributed by atoms with Crippen LogP contribution < -0.4 is 5.32 Å². The Balaban J connectivity index is 1.84. The monoisotopic (exact) mass is 531 g/mol. The van der Waals surface area contributed by atoms with Crippen LogP contribution in [-0.4, -0.2) is 17.6 Å². The lowest BCUT2D eigenvalue weighted by Gasteiger charge is -2.19. The molecule has 0 fully saturated rings. The Labute approximate surface area is 221 Å². The van der Waals surface area contributed by atoms with Gasteiger partial charge in [-0.25, -0.2) is 0 Å². The molecule has 0 saturated carbocycles. The number of nitrogens with one attached hydrogen (secondary N) is 1. The van der Waals surface area contributed by atoms with Crippen LogP contribution >= 0.6 is 11.6 Å². The first-order valence-corrected chi connectivity index (χ1v) is 12.8. The van der Waals surface area contributed by atoms with Gasteiger partial charge in [-0.1, -0.05) is 68.8 Å². The molecule has 3 aromatic carbocycles. The summed E-state index contributed by atoms with van der Waals surface area (Å²) in [4.78, 5) is 12.1. The number of hydrogen-bond donors (Lipinski definition) is 2. The molecule has 0 radical (unpaired) electrons. The number of aliphatic carboxylic acids is 1. The number of carbonyl (C=O) groups is 1. The number of benzene rings is 3. The highest BCUT2D eigenvalue weighted by atomic mass is 35.5. The van der Waals surface area contributed by atoms with Gasteiger partial charge in [0.15, 0.2) is 0 Å². The van der Waals surface area contributed by atoms with Crippen LogP contribution in [0.15, 0.2) is 66.7 Å². The Bertz CT molecular complexity index is 1190. The molecule has 3 rings (SSSR count). The number of carboxylic acid groups (broad SMARTS) is 1. The van der Waals surface area contributed by atoms with E-state index in [4.69, 9.17) is 11.6 Å². The van der Waals surface area contributed by atoms with Crippen LogP contribution in [0.2, 0.25) is 5.02 Å². The molecule has 0 aliphatic rings. The van der Waals surface area contributed by atoms with Crippen molar-refractivity contribution in [2.24, 2.45) is 11.8 Å². The van der Waals surface area contributed by atoms with Gasteiger partial charge in [0.1, 0.15) is 0 Å². The van der Waals surface area contributed by atoms with Gasteiger partial charge in [-0.2, -0.15) is 13.2 Å². The van der Waals surface area contributed by atoms with Crippen LogP contribution in [0.3, 0.4) is 0 Å². The molecule has 0 bridgehead atoms. The Morgan fingerprint density at radius 1 is 0.973 bits per heavy atom. The van der Waals surface area contributed by atoms with Gasteiger partial charge in [0.25, 0.3) is 0 Å². The van der Waals surface area contributed by atoms with Crippen molar-refractivity contribution in [3.8, 4) is 11.1 Å².